The first-order valence-corrected chi connectivity index (χ1v) is 6.70. The van der Waals surface area contributed by atoms with Crippen molar-refractivity contribution in [3.63, 3.8) is 0 Å². The molecule has 1 N–H and O–H groups in total. The number of benzene rings is 1. The lowest BCUT2D eigenvalue weighted by molar-refractivity contribution is 0.531. The van der Waals surface area contributed by atoms with Crippen LogP contribution < -0.4 is 4.72 Å². The molecular formula is C13H21NOS. The summed E-state index contributed by atoms with van der Waals surface area (Å²) in [5, 5.41) is 0. The molecule has 0 bridgehead atoms. The second kappa shape index (κ2) is 5.21. The SMILES string of the molecule is Cc1cccc([C@H](C)N[S@+]([O-])C(C)(C)C)c1. The zero-order valence-electron chi connectivity index (χ0n) is 10.7. The largest absolute Gasteiger partial charge is 0.598 e. The van der Waals surface area contributed by atoms with Gasteiger partial charge >= 0.3 is 0 Å². The molecule has 16 heavy (non-hydrogen) atoms. The summed E-state index contributed by atoms with van der Waals surface area (Å²) in [6, 6.07) is 8.39. The Morgan fingerprint density at radius 3 is 2.44 bits per heavy atom. The Bertz CT molecular complexity index is 346. The Balaban J connectivity index is 2.69. The summed E-state index contributed by atoms with van der Waals surface area (Å²) in [7, 11) is 0. The zero-order valence-corrected chi connectivity index (χ0v) is 11.5. The van der Waals surface area contributed by atoms with E-state index in [1.807, 2.05) is 33.8 Å². The average molecular weight is 239 g/mol. The van der Waals surface area contributed by atoms with Crippen molar-refractivity contribution in [1.29, 1.82) is 0 Å². The fourth-order valence-corrected chi connectivity index (χ4v) is 2.16. The molecular weight excluding hydrogens is 218 g/mol. The summed E-state index contributed by atoms with van der Waals surface area (Å²) in [6.07, 6.45) is 0. The molecule has 0 aliphatic heterocycles. The lowest BCUT2D eigenvalue weighted by Gasteiger charge is -2.26. The van der Waals surface area contributed by atoms with Gasteiger partial charge in [-0.2, -0.15) is 0 Å². The molecule has 0 amide bonds. The van der Waals surface area contributed by atoms with E-state index in [0.29, 0.717) is 0 Å². The predicted molar refractivity (Wildman–Crippen MR) is 70.6 cm³/mol. The van der Waals surface area contributed by atoms with Crippen LogP contribution >= 0.6 is 0 Å². The molecule has 0 saturated carbocycles. The number of hydrogen-bond donors (Lipinski definition) is 1. The summed E-state index contributed by atoms with van der Waals surface area (Å²) < 4.78 is 14.8. The fraction of sp³-hybridized carbons (Fsp3) is 0.538. The van der Waals surface area contributed by atoms with Crippen molar-refractivity contribution in [2.45, 2.75) is 45.4 Å². The summed E-state index contributed by atoms with van der Waals surface area (Å²) in [6.45, 7) is 10.0. The second-order valence-electron chi connectivity index (χ2n) is 5.13. The van der Waals surface area contributed by atoms with E-state index in [-0.39, 0.29) is 10.8 Å². The molecule has 1 aromatic carbocycles. The Morgan fingerprint density at radius 1 is 1.31 bits per heavy atom. The van der Waals surface area contributed by atoms with Crippen LogP contribution in [0, 0.1) is 6.92 Å². The maximum absolute atomic E-state index is 11.9. The Hall–Kier alpha value is -0.510. The average Bonchev–Trinajstić information content (AvgIpc) is 2.16. The third-order valence-corrected chi connectivity index (χ3v) is 4.06. The van der Waals surface area contributed by atoms with E-state index in [1.165, 1.54) is 11.1 Å². The molecule has 90 valence electrons. The summed E-state index contributed by atoms with van der Waals surface area (Å²) >= 11 is -1.02. The van der Waals surface area contributed by atoms with Gasteiger partial charge in [-0.3, -0.25) is 0 Å². The summed E-state index contributed by atoms with van der Waals surface area (Å²) in [5.41, 5.74) is 2.41. The van der Waals surface area contributed by atoms with E-state index in [0.717, 1.165) is 0 Å². The molecule has 0 saturated heterocycles. The van der Waals surface area contributed by atoms with Crippen LogP contribution in [0.5, 0.6) is 0 Å². The molecule has 1 aromatic rings. The Morgan fingerprint density at radius 2 is 1.94 bits per heavy atom. The van der Waals surface area contributed by atoms with E-state index in [1.54, 1.807) is 0 Å². The van der Waals surface area contributed by atoms with Gasteiger partial charge in [-0.05, 0) is 40.2 Å². The van der Waals surface area contributed by atoms with Crippen LogP contribution in [0.4, 0.5) is 0 Å². The molecule has 0 unspecified atom stereocenters. The Kier molecular flexibility index (Phi) is 4.42. The number of nitrogens with one attached hydrogen (secondary N) is 1. The molecule has 0 heterocycles. The molecule has 1 rings (SSSR count). The smallest absolute Gasteiger partial charge is 0.136 e. The van der Waals surface area contributed by atoms with Crippen molar-refractivity contribution in [2.75, 3.05) is 0 Å². The number of aryl methyl sites for hydroxylation is 1. The van der Waals surface area contributed by atoms with Gasteiger partial charge in [-0.1, -0.05) is 29.8 Å². The molecule has 0 radical (unpaired) electrons. The molecule has 2 nitrogen and oxygen atoms in total. The first-order valence-electron chi connectivity index (χ1n) is 5.55. The van der Waals surface area contributed by atoms with E-state index < -0.39 is 11.4 Å². The van der Waals surface area contributed by atoms with Crippen molar-refractivity contribution in [2.24, 2.45) is 0 Å². The Labute approximate surface area is 102 Å². The maximum Gasteiger partial charge on any atom is 0.136 e. The van der Waals surface area contributed by atoms with E-state index in [4.69, 9.17) is 0 Å². The first kappa shape index (κ1) is 13.6. The number of rotatable bonds is 3. The van der Waals surface area contributed by atoms with Crippen LogP contribution in [0.1, 0.15) is 44.9 Å². The third kappa shape index (κ3) is 3.81. The molecule has 0 aromatic heterocycles. The second-order valence-corrected chi connectivity index (χ2v) is 7.13. The van der Waals surface area contributed by atoms with Crippen LogP contribution in [0.15, 0.2) is 24.3 Å². The van der Waals surface area contributed by atoms with Gasteiger partial charge in [-0.15, -0.1) is 4.72 Å². The van der Waals surface area contributed by atoms with Crippen molar-refractivity contribution in [3.05, 3.63) is 35.4 Å². The topological polar surface area (TPSA) is 35.1 Å². The lowest BCUT2D eigenvalue weighted by atomic mass is 10.1. The van der Waals surface area contributed by atoms with E-state index in [9.17, 15) is 4.55 Å². The highest BCUT2D eigenvalue weighted by atomic mass is 32.2. The van der Waals surface area contributed by atoms with Gasteiger partial charge in [0.25, 0.3) is 0 Å². The monoisotopic (exact) mass is 239 g/mol. The van der Waals surface area contributed by atoms with Gasteiger partial charge in [0.1, 0.15) is 4.75 Å². The zero-order chi connectivity index (χ0) is 12.3. The highest BCUT2D eigenvalue weighted by Gasteiger charge is 2.28. The molecule has 0 aliphatic carbocycles. The number of hydrogen-bond acceptors (Lipinski definition) is 2. The van der Waals surface area contributed by atoms with Crippen LogP contribution in [0.2, 0.25) is 0 Å². The van der Waals surface area contributed by atoms with E-state index in [2.05, 4.69) is 29.8 Å². The molecule has 0 fully saturated rings. The van der Waals surface area contributed by atoms with Crippen LogP contribution in [0.3, 0.4) is 0 Å². The highest BCUT2D eigenvalue weighted by Crippen LogP contribution is 2.20. The quantitative estimate of drug-likeness (QED) is 0.823. The van der Waals surface area contributed by atoms with Crippen LogP contribution in [-0.4, -0.2) is 9.30 Å². The lowest BCUT2D eigenvalue weighted by Crippen LogP contribution is -2.40. The fourth-order valence-electron chi connectivity index (χ4n) is 1.34. The standard InChI is InChI=1S/C13H21NOS/c1-10-7-6-8-12(9-10)11(2)14-16(15)13(3,4)5/h6-9,11,14H,1-5H3/t11-,16+/m0/s1. The third-order valence-electron chi connectivity index (χ3n) is 2.38. The molecule has 0 aliphatic rings. The summed E-state index contributed by atoms with van der Waals surface area (Å²) in [4.78, 5) is 0. The van der Waals surface area contributed by atoms with Gasteiger partial charge in [0.05, 0.1) is 6.04 Å². The predicted octanol–water partition coefficient (Wildman–Crippen LogP) is 3.11. The van der Waals surface area contributed by atoms with Crippen molar-refractivity contribution < 1.29 is 4.55 Å². The minimum atomic E-state index is -1.02. The van der Waals surface area contributed by atoms with E-state index >= 15 is 0 Å². The molecule has 3 heteroatoms. The minimum Gasteiger partial charge on any atom is -0.598 e. The summed E-state index contributed by atoms with van der Waals surface area (Å²) in [5.74, 6) is 0. The van der Waals surface area contributed by atoms with Crippen molar-refractivity contribution >= 4 is 11.4 Å². The maximum atomic E-state index is 11.9. The van der Waals surface area contributed by atoms with Gasteiger partial charge in [0, 0.05) is 11.4 Å². The van der Waals surface area contributed by atoms with Crippen LogP contribution in [0.25, 0.3) is 0 Å². The molecule has 2 atom stereocenters. The van der Waals surface area contributed by atoms with Gasteiger partial charge in [0.2, 0.25) is 0 Å². The van der Waals surface area contributed by atoms with Gasteiger partial charge in [0.15, 0.2) is 0 Å². The minimum absolute atomic E-state index is 0.111. The normalized spacial score (nSPS) is 15.9. The molecule has 0 spiro atoms. The highest BCUT2D eigenvalue weighted by molar-refractivity contribution is 7.90. The first-order chi connectivity index (χ1) is 7.30. The van der Waals surface area contributed by atoms with Gasteiger partial charge < -0.3 is 4.55 Å². The van der Waals surface area contributed by atoms with Crippen molar-refractivity contribution in [3.8, 4) is 0 Å². The van der Waals surface area contributed by atoms with Crippen LogP contribution in [-0.2, 0) is 11.4 Å². The van der Waals surface area contributed by atoms with Crippen molar-refractivity contribution in [1.82, 2.24) is 4.72 Å². The van der Waals surface area contributed by atoms with Gasteiger partial charge in [-0.25, -0.2) is 0 Å².